The maximum atomic E-state index is 12.8. The van der Waals surface area contributed by atoms with Crippen LogP contribution in [-0.4, -0.2) is 30.1 Å². The van der Waals surface area contributed by atoms with E-state index in [-0.39, 0.29) is 34.9 Å². The van der Waals surface area contributed by atoms with Crippen LogP contribution in [0.4, 0.5) is 0 Å². The highest BCUT2D eigenvalue weighted by atomic mass is 16.6. The summed E-state index contributed by atoms with van der Waals surface area (Å²) in [6, 6.07) is 0. The number of epoxide rings is 1. The van der Waals surface area contributed by atoms with E-state index < -0.39 is 5.41 Å². The van der Waals surface area contributed by atoms with Gasteiger partial charge >= 0.3 is 5.97 Å². The van der Waals surface area contributed by atoms with E-state index in [4.69, 9.17) is 9.47 Å². The van der Waals surface area contributed by atoms with E-state index in [9.17, 15) is 9.59 Å². The van der Waals surface area contributed by atoms with Crippen molar-refractivity contribution in [1.29, 1.82) is 0 Å². The Hall–Kier alpha value is -0.900. The van der Waals surface area contributed by atoms with Crippen molar-refractivity contribution in [2.24, 2.45) is 22.7 Å². The highest BCUT2D eigenvalue weighted by Gasteiger charge is 2.83. The Bertz CT molecular complexity index is 511. The molecule has 0 aromatic heterocycles. The topological polar surface area (TPSA) is 55.9 Å². The van der Waals surface area contributed by atoms with E-state index in [2.05, 4.69) is 20.8 Å². The SMILES string of the molecule is CC1(C)CCC(=O)[C@@]2(C)[C@H](C3CCOC3=O)C[C@H]3O[C@@]312. The number of hydrogen-bond acceptors (Lipinski definition) is 4. The van der Waals surface area contributed by atoms with Gasteiger partial charge in [-0.25, -0.2) is 0 Å². The van der Waals surface area contributed by atoms with E-state index in [1.54, 1.807) is 0 Å². The number of ketones is 1. The average Bonchev–Trinajstić information content (AvgIpc) is 2.89. The molecule has 2 aliphatic carbocycles. The van der Waals surface area contributed by atoms with Gasteiger partial charge in [0.05, 0.1) is 24.0 Å². The first kappa shape index (κ1) is 12.8. The van der Waals surface area contributed by atoms with Crippen LogP contribution in [0.3, 0.4) is 0 Å². The van der Waals surface area contributed by atoms with Gasteiger partial charge in [0.1, 0.15) is 11.4 Å². The number of carbonyl (C=O) groups excluding carboxylic acids is 2. The predicted octanol–water partition coefficient (Wildman–Crippen LogP) is 2.10. The van der Waals surface area contributed by atoms with Gasteiger partial charge in [0.25, 0.3) is 0 Å². The molecular weight excluding hydrogens is 256 g/mol. The Morgan fingerprint density at radius 1 is 1.20 bits per heavy atom. The van der Waals surface area contributed by atoms with Crippen LogP contribution in [0.2, 0.25) is 0 Å². The lowest BCUT2D eigenvalue weighted by Gasteiger charge is -2.49. The van der Waals surface area contributed by atoms with Crippen LogP contribution in [0, 0.1) is 22.7 Å². The molecule has 20 heavy (non-hydrogen) atoms. The molecule has 0 aromatic carbocycles. The molecule has 0 aromatic rings. The number of rotatable bonds is 1. The number of esters is 1. The van der Waals surface area contributed by atoms with Gasteiger partial charge in [-0.15, -0.1) is 0 Å². The first-order valence-electron chi connectivity index (χ1n) is 7.72. The van der Waals surface area contributed by atoms with Crippen LogP contribution < -0.4 is 0 Å². The van der Waals surface area contributed by atoms with Crippen molar-refractivity contribution in [3.63, 3.8) is 0 Å². The van der Waals surface area contributed by atoms with Gasteiger partial charge in [-0.1, -0.05) is 13.8 Å². The number of cyclic esters (lactones) is 1. The van der Waals surface area contributed by atoms with E-state index in [0.29, 0.717) is 18.8 Å². The molecule has 1 spiro atoms. The highest BCUT2D eigenvalue weighted by molar-refractivity contribution is 5.90. The van der Waals surface area contributed by atoms with Crippen LogP contribution in [0.1, 0.15) is 46.5 Å². The molecule has 1 unspecified atom stereocenters. The van der Waals surface area contributed by atoms with Crippen molar-refractivity contribution in [1.82, 2.24) is 0 Å². The summed E-state index contributed by atoms with van der Waals surface area (Å²) in [5.41, 5.74) is -0.825. The van der Waals surface area contributed by atoms with Crippen molar-refractivity contribution >= 4 is 11.8 Å². The molecule has 0 bridgehead atoms. The van der Waals surface area contributed by atoms with E-state index >= 15 is 0 Å². The predicted molar refractivity (Wildman–Crippen MR) is 70.9 cm³/mol. The van der Waals surface area contributed by atoms with Gasteiger partial charge in [-0.2, -0.15) is 0 Å². The van der Waals surface area contributed by atoms with Gasteiger partial charge in [0.15, 0.2) is 0 Å². The van der Waals surface area contributed by atoms with Gasteiger partial charge in [0.2, 0.25) is 0 Å². The molecule has 4 aliphatic rings. The Morgan fingerprint density at radius 3 is 2.60 bits per heavy atom. The Kier molecular flexibility index (Phi) is 2.22. The molecule has 2 aliphatic heterocycles. The second-order valence-corrected chi connectivity index (χ2v) is 7.76. The van der Waals surface area contributed by atoms with E-state index in [0.717, 1.165) is 19.3 Å². The number of ether oxygens (including phenoxy) is 2. The minimum absolute atomic E-state index is 0.0115. The second kappa shape index (κ2) is 3.46. The summed E-state index contributed by atoms with van der Waals surface area (Å²) in [5, 5.41) is 0. The molecule has 5 atom stereocenters. The summed E-state index contributed by atoms with van der Waals surface area (Å²) in [4.78, 5) is 24.7. The summed E-state index contributed by atoms with van der Waals surface area (Å²) in [5.74, 6) is 0.180. The van der Waals surface area contributed by atoms with E-state index in [1.807, 2.05) is 0 Å². The highest BCUT2D eigenvalue weighted by Crippen LogP contribution is 2.74. The van der Waals surface area contributed by atoms with Crippen LogP contribution in [0.25, 0.3) is 0 Å². The molecule has 4 rings (SSSR count). The summed E-state index contributed by atoms with van der Waals surface area (Å²) >= 11 is 0. The Labute approximate surface area is 119 Å². The van der Waals surface area contributed by atoms with Crippen molar-refractivity contribution in [3.05, 3.63) is 0 Å². The third kappa shape index (κ3) is 1.15. The van der Waals surface area contributed by atoms with Crippen molar-refractivity contribution in [2.75, 3.05) is 6.61 Å². The summed E-state index contributed by atoms with van der Waals surface area (Å²) in [6.45, 7) is 6.99. The van der Waals surface area contributed by atoms with Crippen molar-refractivity contribution < 1.29 is 19.1 Å². The zero-order chi connectivity index (χ0) is 14.3. The quantitative estimate of drug-likeness (QED) is 0.544. The molecule has 0 radical (unpaired) electrons. The molecule has 0 N–H and O–H groups in total. The fourth-order valence-corrected chi connectivity index (χ4v) is 5.63. The third-order valence-electron chi connectivity index (χ3n) is 6.73. The first-order valence-corrected chi connectivity index (χ1v) is 7.72. The smallest absolute Gasteiger partial charge is 0.309 e. The summed E-state index contributed by atoms with van der Waals surface area (Å²) in [7, 11) is 0. The standard InChI is InChI=1S/C16H22O4/c1-14(2)6-4-11(17)15(3)10(8-12-16(14,15)20-12)9-5-7-19-13(9)18/h9-10,12H,4-8H2,1-3H3/t9?,10-,12+,15+,16-/m0/s1. The lowest BCUT2D eigenvalue weighted by Crippen LogP contribution is -2.57. The Balaban J connectivity index is 1.79. The van der Waals surface area contributed by atoms with Crippen molar-refractivity contribution in [3.8, 4) is 0 Å². The van der Waals surface area contributed by atoms with Gasteiger partial charge in [-0.3, -0.25) is 9.59 Å². The third-order valence-corrected chi connectivity index (χ3v) is 6.73. The van der Waals surface area contributed by atoms with Gasteiger partial charge < -0.3 is 9.47 Å². The number of hydrogen-bond donors (Lipinski definition) is 0. The maximum absolute atomic E-state index is 12.8. The molecule has 2 heterocycles. The summed E-state index contributed by atoms with van der Waals surface area (Å²) < 4.78 is 11.2. The molecule has 4 fully saturated rings. The molecular formula is C16H22O4. The molecule has 2 saturated heterocycles. The van der Waals surface area contributed by atoms with Crippen LogP contribution in [0.15, 0.2) is 0 Å². The lowest BCUT2D eigenvalue weighted by atomic mass is 9.52. The van der Waals surface area contributed by atoms with Crippen LogP contribution >= 0.6 is 0 Å². The zero-order valence-electron chi connectivity index (χ0n) is 12.4. The fourth-order valence-electron chi connectivity index (χ4n) is 5.63. The first-order chi connectivity index (χ1) is 9.34. The fraction of sp³-hybridized carbons (Fsp3) is 0.875. The largest absolute Gasteiger partial charge is 0.465 e. The Morgan fingerprint density at radius 2 is 1.95 bits per heavy atom. The average molecular weight is 278 g/mol. The van der Waals surface area contributed by atoms with E-state index in [1.165, 1.54) is 0 Å². The van der Waals surface area contributed by atoms with Crippen LogP contribution in [0.5, 0.6) is 0 Å². The molecule has 2 saturated carbocycles. The molecule has 4 nitrogen and oxygen atoms in total. The maximum Gasteiger partial charge on any atom is 0.309 e. The normalized spacial score (nSPS) is 52.5. The van der Waals surface area contributed by atoms with Crippen molar-refractivity contribution in [2.45, 2.75) is 58.2 Å². The lowest BCUT2D eigenvalue weighted by molar-refractivity contribution is -0.156. The van der Waals surface area contributed by atoms with Gasteiger partial charge in [0, 0.05) is 6.42 Å². The molecule has 4 heteroatoms. The van der Waals surface area contributed by atoms with Crippen LogP contribution in [-0.2, 0) is 19.1 Å². The molecule has 110 valence electrons. The number of Topliss-reactive ketones (excluding diaryl/α,β-unsaturated/α-hetero) is 1. The number of carbonyl (C=O) groups is 2. The minimum atomic E-state index is -0.507. The molecule has 0 amide bonds. The summed E-state index contributed by atoms with van der Waals surface area (Å²) in [6.07, 6.45) is 3.26. The zero-order valence-corrected chi connectivity index (χ0v) is 12.4. The monoisotopic (exact) mass is 278 g/mol. The minimum Gasteiger partial charge on any atom is -0.465 e. The van der Waals surface area contributed by atoms with Gasteiger partial charge in [-0.05, 0) is 37.5 Å². The second-order valence-electron chi connectivity index (χ2n) is 7.76.